The number of hydrogen-bond acceptors (Lipinski definition) is 4. The minimum absolute atomic E-state index is 0.00297. The van der Waals surface area contributed by atoms with Crippen molar-refractivity contribution in [2.24, 2.45) is 0 Å². The van der Waals surface area contributed by atoms with Crippen LogP contribution in [0, 0.1) is 0 Å². The average Bonchev–Trinajstić information content (AvgIpc) is 3.20. The highest BCUT2D eigenvalue weighted by Crippen LogP contribution is 2.47. The standard InChI is InChI=1S/C29H18N2O3S/c32-27-23(28(33)31-29(35)30-27)15-22-19-13-7-8-14-20(19)25-21(17-9-3-1-4-10-17)16-24(34-26(22)25)18-11-5-2-6-12-18/h1-16H,(H2,30,31,32,33,35). The van der Waals surface area contributed by atoms with Crippen molar-refractivity contribution in [1.29, 1.82) is 0 Å². The molecular formula is C29H18N2O3S. The summed E-state index contributed by atoms with van der Waals surface area (Å²) in [6.45, 7) is 0. The molecule has 35 heavy (non-hydrogen) atoms. The van der Waals surface area contributed by atoms with Gasteiger partial charge in [0.1, 0.15) is 17.1 Å². The van der Waals surface area contributed by atoms with Gasteiger partial charge in [0.2, 0.25) is 0 Å². The smallest absolute Gasteiger partial charge is 0.263 e. The SMILES string of the molecule is O=C1NC(=S)NC(=O)C1=Cc1c2oc(-c3ccccc3)cc(-c3ccccc3)c-2c2ccccc12. The van der Waals surface area contributed by atoms with Crippen LogP contribution in [0.3, 0.4) is 0 Å². The zero-order valence-electron chi connectivity index (χ0n) is 18.4. The molecule has 6 rings (SSSR count). The van der Waals surface area contributed by atoms with Crippen molar-refractivity contribution in [3.8, 4) is 33.8 Å². The maximum Gasteiger partial charge on any atom is 0.263 e. The van der Waals surface area contributed by atoms with Gasteiger partial charge in [0.15, 0.2) is 5.11 Å². The van der Waals surface area contributed by atoms with Crippen molar-refractivity contribution in [2.75, 3.05) is 0 Å². The molecule has 1 saturated heterocycles. The molecule has 3 aliphatic rings. The summed E-state index contributed by atoms with van der Waals surface area (Å²) in [5, 5.41) is 6.87. The largest absolute Gasteiger partial charge is 0.455 e. The third-order valence-corrected chi connectivity index (χ3v) is 6.29. The second kappa shape index (κ2) is 8.34. The fourth-order valence-corrected chi connectivity index (χ4v) is 4.70. The molecule has 0 aromatic heterocycles. The lowest BCUT2D eigenvalue weighted by molar-refractivity contribution is -0.123. The maximum absolute atomic E-state index is 12.6. The summed E-state index contributed by atoms with van der Waals surface area (Å²) < 4.78 is 6.53. The molecule has 2 amide bonds. The van der Waals surface area contributed by atoms with Gasteiger partial charge in [0.25, 0.3) is 11.8 Å². The number of fused-ring (bicyclic) bond motifs is 3. The van der Waals surface area contributed by atoms with Gasteiger partial charge in [0.05, 0.1) is 0 Å². The fourth-order valence-electron chi connectivity index (χ4n) is 4.52. The monoisotopic (exact) mass is 474 g/mol. The van der Waals surface area contributed by atoms with Gasteiger partial charge in [-0.1, -0.05) is 84.9 Å². The van der Waals surface area contributed by atoms with Gasteiger partial charge < -0.3 is 4.42 Å². The molecular weight excluding hydrogens is 456 g/mol. The maximum atomic E-state index is 12.6. The molecule has 3 aromatic rings. The van der Waals surface area contributed by atoms with Crippen LogP contribution in [0.4, 0.5) is 0 Å². The van der Waals surface area contributed by atoms with Crippen molar-refractivity contribution in [3.63, 3.8) is 0 Å². The van der Waals surface area contributed by atoms with Gasteiger partial charge in [-0.25, -0.2) is 0 Å². The molecule has 6 heteroatoms. The third kappa shape index (κ3) is 3.61. The molecule has 2 aliphatic heterocycles. The highest BCUT2D eigenvalue weighted by Gasteiger charge is 2.29. The van der Waals surface area contributed by atoms with Crippen LogP contribution in [0.15, 0.2) is 101 Å². The van der Waals surface area contributed by atoms with E-state index in [0.29, 0.717) is 17.1 Å². The van der Waals surface area contributed by atoms with E-state index in [-0.39, 0.29) is 10.7 Å². The predicted octanol–water partition coefficient (Wildman–Crippen LogP) is 5.79. The first-order valence-corrected chi connectivity index (χ1v) is 11.5. The number of amides is 2. The van der Waals surface area contributed by atoms with E-state index in [4.69, 9.17) is 16.6 Å². The van der Waals surface area contributed by atoms with Crippen LogP contribution in [0.25, 0.3) is 50.6 Å². The Bertz CT molecular complexity index is 1610. The first-order valence-electron chi connectivity index (χ1n) is 11.1. The molecule has 168 valence electrons. The van der Waals surface area contributed by atoms with Gasteiger partial charge >= 0.3 is 0 Å². The number of thiocarbonyl (C=S) groups is 1. The first-order chi connectivity index (χ1) is 17.1. The molecule has 5 nitrogen and oxygen atoms in total. The third-order valence-electron chi connectivity index (χ3n) is 6.09. The Morgan fingerprint density at radius 1 is 0.714 bits per heavy atom. The number of carbonyl (C=O) groups is 2. The molecule has 0 radical (unpaired) electrons. The highest BCUT2D eigenvalue weighted by molar-refractivity contribution is 7.80. The van der Waals surface area contributed by atoms with Gasteiger partial charge in [0, 0.05) is 16.7 Å². The van der Waals surface area contributed by atoms with E-state index in [1.807, 2.05) is 72.8 Å². The van der Waals surface area contributed by atoms with E-state index in [1.165, 1.54) is 0 Å². The van der Waals surface area contributed by atoms with Crippen LogP contribution in [0.1, 0.15) is 5.56 Å². The second-order valence-electron chi connectivity index (χ2n) is 8.22. The van der Waals surface area contributed by atoms with Gasteiger partial charge in [-0.15, -0.1) is 0 Å². The molecule has 2 N–H and O–H groups in total. The fraction of sp³-hybridized carbons (Fsp3) is 0. The van der Waals surface area contributed by atoms with Gasteiger partial charge in [-0.05, 0) is 46.3 Å². The van der Waals surface area contributed by atoms with E-state index in [9.17, 15) is 9.59 Å². The number of nitrogens with one attached hydrogen (secondary N) is 2. The Hall–Kier alpha value is -4.55. The highest BCUT2D eigenvalue weighted by atomic mass is 32.1. The summed E-state index contributed by atoms with van der Waals surface area (Å²) in [5.41, 5.74) is 4.53. The van der Waals surface area contributed by atoms with Crippen molar-refractivity contribution >= 4 is 46.0 Å². The van der Waals surface area contributed by atoms with E-state index < -0.39 is 11.8 Å². The van der Waals surface area contributed by atoms with Crippen LogP contribution in [-0.2, 0) is 9.59 Å². The Balaban J connectivity index is 1.70. The van der Waals surface area contributed by atoms with E-state index in [1.54, 1.807) is 6.08 Å². The molecule has 1 aliphatic carbocycles. The zero-order chi connectivity index (χ0) is 23.9. The molecule has 0 bridgehead atoms. The van der Waals surface area contributed by atoms with Crippen LogP contribution >= 0.6 is 12.2 Å². The number of carbonyl (C=O) groups excluding carboxylic acids is 2. The Labute approximate surface area is 206 Å². The lowest BCUT2D eigenvalue weighted by atomic mass is 9.96. The summed E-state index contributed by atoms with van der Waals surface area (Å²) in [6.07, 6.45) is 1.59. The molecule has 0 spiro atoms. The molecule has 2 heterocycles. The number of benzene rings is 3. The molecule has 3 aromatic carbocycles. The average molecular weight is 475 g/mol. The summed E-state index contributed by atoms with van der Waals surface area (Å²) in [4.78, 5) is 25.3. The predicted molar refractivity (Wildman–Crippen MR) is 141 cm³/mol. The van der Waals surface area contributed by atoms with E-state index in [0.717, 1.165) is 33.0 Å². The van der Waals surface area contributed by atoms with Crippen LogP contribution in [0.5, 0.6) is 0 Å². The van der Waals surface area contributed by atoms with Crippen LogP contribution in [0.2, 0.25) is 0 Å². The summed E-state index contributed by atoms with van der Waals surface area (Å²) in [7, 11) is 0. The van der Waals surface area contributed by atoms with Crippen molar-refractivity contribution < 1.29 is 14.0 Å². The van der Waals surface area contributed by atoms with Crippen molar-refractivity contribution in [3.05, 3.63) is 102 Å². The lowest BCUT2D eigenvalue weighted by Crippen LogP contribution is -2.51. The lowest BCUT2D eigenvalue weighted by Gasteiger charge is -2.16. The summed E-state index contributed by atoms with van der Waals surface area (Å²) in [6, 6.07) is 29.9. The van der Waals surface area contributed by atoms with Crippen molar-refractivity contribution in [2.45, 2.75) is 0 Å². The summed E-state index contributed by atoms with van der Waals surface area (Å²) >= 11 is 4.95. The summed E-state index contributed by atoms with van der Waals surface area (Å²) in [5.74, 6) is 0.206. The first kappa shape index (κ1) is 21.0. The Morgan fingerprint density at radius 3 is 1.94 bits per heavy atom. The van der Waals surface area contributed by atoms with Crippen LogP contribution < -0.4 is 10.6 Å². The molecule has 1 fully saturated rings. The van der Waals surface area contributed by atoms with E-state index >= 15 is 0 Å². The van der Waals surface area contributed by atoms with Crippen molar-refractivity contribution in [1.82, 2.24) is 10.6 Å². The second-order valence-corrected chi connectivity index (χ2v) is 8.62. The number of rotatable bonds is 3. The Morgan fingerprint density at radius 2 is 1.29 bits per heavy atom. The minimum atomic E-state index is -0.542. The van der Waals surface area contributed by atoms with Crippen LogP contribution in [-0.4, -0.2) is 16.9 Å². The topological polar surface area (TPSA) is 71.3 Å². The van der Waals surface area contributed by atoms with Gasteiger partial charge in [-0.2, -0.15) is 0 Å². The zero-order valence-corrected chi connectivity index (χ0v) is 19.2. The molecule has 0 unspecified atom stereocenters. The molecule has 0 atom stereocenters. The van der Waals surface area contributed by atoms with E-state index in [2.05, 4.69) is 28.8 Å². The normalized spacial score (nSPS) is 13.7. The van der Waals surface area contributed by atoms with Gasteiger partial charge in [-0.3, -0.25) is 20.2 Å². The quantitative estimate of drug-likeness (QED) is 0.197. The molecule has 0 saturated carbocycles. The number of hydrogen-bond donors (Lipinski definition) is 2. The minimum Gasteiger partial charge on any atom is -0.455 e. The Kier molecular flexibility index (Phi) is 5.01.